The first kappa shape index (κ1) is 18.3. The van der Waals surface area contributed by atoms with Crippen LogP contribution in [0.25, 0.3) is 10.9 Å². The van der Waals surface area contributed by atoms with Crippen LogP contribution in [0, 0.1) is 18.3 Å². The van der Waals surface area contributed by atoms with Gasteiger partial charge in [-0.15, -0.1) is 0 Å². The molecule has 0 aliphatic heterocycles. The van der Waals surface area contributed by atoms with E-state index in [0.29, 0.717) is 5.41 Å². The molecule has 1 aliphatic carbocycles. The highest BCUT2D eigenvalue weighted by Gasteiger charge is 2.25. The van der Waals surface area contributed by atoms with Crippen molar-refractivity contribution in [3.63, 3.8) is 0 Å². The number of halogens is 1. The fraction of sp³-hybridized carbons (Fsp3) is 0.550. The third kappa shape index (κ3) is 5.20. The predicted octanol–water partition coefficient (Wildman–Crippen LogP) is 6.62. The fourth-order valence-electron chi connectivity index (χ4n) is 3.26. The largest absolute Gasteiger partial charge is 0.508 e. The van der Waals surface area contributed by atoms with Crippen molar-refractivity contribution in [1.29, 1.82) is 0 Å². The Kier molecular flexibility index (Phi) is 6.07. The Morgan fingerprint density at radius 3 is 2.30 bits per heavy atom. The second-order valence-electron chi connectivity index (χ2n) is 7.65. The van der Waals surface area contributed by atoms with Crippen molar-refractivity contribution in [2.75, 3.05) is 0 Å². The number of nitrogens with zero attached hydrogens (tertiary/aromatic N) is 1. The van der Waals surface area contributed by atoms with Crippen molar-refractivity contribution in [1.82, 2.24) is 4.98 Å². The molecule has 0 bridgehead atoms. The minimum Gasteiger partial charge on any atom is -0.508 e. The maximum atomic E-state index is 9.28. The molecular weight excluding hydrogens is 350 g/mol. The average Bonchev–Trinajstić information content (AvgIpc) is 2.49. The Hall–Kier alpha value is -1.09. The standard InChI is InChI=1S/C10H8BrNO.C10H20/c1-6-4-9(11)8-5-7(13)2-3-10(8)12-6;1-10(2,3)9-7-5-4-6-8-9/h2-5,13H,1H3;9H,4-8H2,1-3H3. The number of hydrogen-bond acceptors (Lipinski definition) is 2. The molecule has 1 aromatic carbocycles. The quantitative estimate of drug-likeness (QED) is 0.558. The van der Waals surface area contributed by atoms with E-state index in [-0.39, 0.29) is 5.75 Å². The van der Waals surface area contributed by atoms with Crippen LogP contribution in [0.5, 0.6) is 5.75 Å². The zero-order chi connectivity index (χ0) is 17.0. The zero-order valence-electron chi connectivity index (χ0n) is 14.7. The van der Waals surface area contributed by atoms with E-state index in [1.165, 1.54) is 32.1 Å². The molecule has 1 fully saturated rings. The van der Waals surface area contributed by atoms with E-state index in [0.717, 1.165) is 27.0 Å². The summed E-state index contributed by atoms with van der Waals surface area (Å²) in [5, 5.41) is 10.2. The molecular formula is C20H28BrNO. The van der Waals surface area contributed by atoms with E-state index in [1.54, 1.807) is 12.1 Å². The molecule has 1 aliphatic rings. The molecule has 0 unspecified atom stereocenters. The molecule has 3 heteroatoms. The molecule has 1 aromatic heterocycles. The number of phenolic OH excluding ortho intramolecular Hbond substituents is 1. The number of benzene rings is 1. The maximum absolute atomic E-state index is 9.28. The normalized spacial score (nSPS) is 16.0. The van der Waals surface area contributed by atoms with E-state index >= 15 is 0 Å². The van der Waals surface area contributed by atoms with E-state index in [2.05, 4.69) is 41.7 Å². The van der Waals surface area contributed by atoms with Gasteiger partial charge in [-0.3, -0.25) is 4.98 Å². The zero-order valence-corrected chi connectivity index (χ0v) is 16.3. The number of pyridine rings is 1. The topological polar surface area (TPSA) is 33.1 Å². The third-order valence-corrected chi connectivity index (χ3v) is 5.36. The first-order valence-electron chi connectivity index (χ1n) is 8.53. The molecule has 23 heavy (non-hydrogen) atoms. The molecule has 1 N–H and O–H groups in total. The van der Waals surface area contributed by atoms with Gasteiger partial charge in [0.15, 0.2) is 0 Å². The second kappa shape index (κ2) is 7.65. The Bertz CT molecular complexity index is 654. The number of aromatic nitrogens is 1. The summed E-state index contributed by atoms with van der Waals surface area (Å²) in [7, 11) is 0. The van der Waals surface area contributed by atoms with Crippen LogP contribution in [-0.2, 0) is 0 Å². The van der Waals surface area contributed by atoms with Crippen molar-refractivity contribution in [3.8, 4) is 5.75 Å². The Morgan fingerprint density at radius 2 is 1.74 bits per heavy atom. The van der Waals surface area contributed by atoms with Gasteiger partial charge in [-0.2, -0.15) is 0 Å². The van der Waals surface area contributed by atoms with Gasteiger partial charge in [-0.1, -0.05) is 56.0 Å². The van der Waals surface area contributed by atoms with Gasteiger partial charge in [0.1, 0.15) is 5.75 Å². The number of aryl methyl sites for hydroxylation is 1. The maximum Gasteiger partial charge on any atom is 0.116 e. The minimum absolute atomic E-state index is 0.263. The van der Waals surface area contributed by atoms with Crippen LogP contribution in [0.2, 0.25) is 0 Å². The molecule has 2 nitrogen and oxygen atoms in total. The molecule has 126 valence electrons. The van der Waals surface area contributed by atoms with Gasteiger partial charge in [-0.25, -0.2) is 0 Å². The van der Waals surface area contributed by atoms with E-state index in [9.17, 15) is 5.11 Å². The number of rotatable bonds is 0. The molecule has 1 saturated carbocycles. The van der Waals surface area contributed by atoms with Crippen molar-refractivity contribution >= 4 is 26.8 Å². The van der Waals surface area contributed by atoms with Crippen LogP contribution in [0.1, 0.15) is 58.6 Å². The molecule has 2 aromatic rings. The van der Waals surface area contributed by atoms with Gasteiger partial charge in [0.2, 0.25) is 0 Å². The fourth-order valence-corrected chi connectivity index (χ4v) is 3.91. The summed E-state index contributed by atoms with van der Waals surface area (Å²) in [5.74, 6) is 1.26. The highest BCUT2D eigenvalue weighted by atomic mass is 79.9. The van der Waals surface area contributed by atoms with Crippen LogP contribution >= 0.6 is 15.9 Å². The van der Waals surface area contributed by atoms with E-state index in [1.807, 2.05) is 19.1 Å². The summed E-state index contributed by atoms with van der Waals surface area (Å²) >= 11 is 3.43. The highest BCUT2D eigenvalue weighted by Crippen LogP contribution is 2.37. The van der Waals surface area contributed by atoms with Gasteiger partial charge >= 0.3 is 0 Å². The molecule has 0 atom stereocenters. The van der Waals surface area contributed by atoms with Crippen LogP contribution < -0.4 is 0 Å². The SMILES string of the molecule is CC(C)(C)C1CCCCC1.Cc1cc(Br)c2cc(O)ccc2n1. The first-order chi connectivity index (χ1) is 10.8. The first-order valence-corrected chi connectivity index (χ1v) is 9.32. The van der Waals surface area contributed by atoms with Crippen molar-refractivity contribution in [2.45, 2.75) is 59.8 Å². The lowest BCUT2D eigenvalue weighted by molar-refractivity contribution is 0.180. The lowest BCUT2D eigenvalue weighted by Gasteiger charge is -2.33. The minimum atomic E-state index is 0.263. The number of phenols is 1. The second-order valence-corrected chi connectivity index (χ2v) is 8.50. The highest BCUT2D eigenvalue weighted by molar-refractivity contribution is 9.10. The smallest absolute Gasteiger partial charge is 0.116 e. The van der Waals surface area contributed by atoms with Crippen LogP contribution in [-0.4, -0.2) is 10.1 Å². The monoisotopic (exact) mass is 377 g/mol. The molecule has 0 spiro atoms. The van der Waals surface area contributed by atoms with Gasteiger partial charge < -0.3 is 5.11 Å². The lowest BCUT2D eigenvalue weighted by atomic mass is 9.72. The van der Waals surface area contributed by atoms with Crippen LogP contribution in [0.3, 0.4) is 0 Å². The van der Waals surface area contributed by atoms with Crippen LogP contribution in [0.4, 0.5) is 0 Å². The number of aromatic hydroxyl groups is 1. The Morgan fingerprint density at radius 1 is 1.09 bits per heavy atom. The van der Waals surface area contributed by atoms with Crippen molar-refractivity contribution in [2.24, 2.45) is 11.3 Å². The van der Waals surface area contributed by atoms with Gasteiger partial charge in [0.25, 0.3) is 0 Å². The summed E-state index contributed by atoms with van der Waals surface area (Å²) in [6.07, 6.45) is 7.38. The molecule has 3 rings (SSSR count). The predicted molar refractivity (Wildman–Crippen MR) is 102 cm³/mol. The van der Waals surface area contributed by atoms with Gasteiger partial charge in [0.05, 0.1) is 5.52 Å². The van der Waals surface area contributed by atoms with Crippen molar-refractivity contribution in [3.05, 3.63) is 34.4 Å². The summed E-state index contributed by atoms with van der Waals surface area (Å²) < 4.78 is 0.964. The summed E-state index contributed by atoms with van der Waals surface area (Å²) in [6, 6.07) is 7.08. The van der Waals surface area contributed by atoms with Crippen molar-refractivity contribution < 1.29 is 5.11 Å². The van der Waals surface area contributed by atoms with E-state index in [4.69, 9.17) is 0 Å². The average molecular weight is 378 g/mol. The lowest BCUT2D eigenvalue weighted by Crippen LogP contribution is -2.22. The third-order valence-electron chi connectivity index (χ3n) is 4.70. The van der Waals surface area contributed by atoms with Crippen LogP contribution in [0.15, 0.2) is 28.7 Å². The Balaban J connectivity index is 0.000000174. The number of hydrogen-bond donors (Lipinski definition) is 1. The number of fused-ring (bicyclic) bond motifs is 1. The van der Waals surface area contributed by atoms with E-state index < -0.39 is 0 Å². The summed E-state index contributed by atoms with van der Waals surface area (Å²) in [4.78, 5) is 4.34. The summed E-state index contributed by atoms with van der Waals surface area (Å²) in [5.41, 5.74) is 2.43. The van der Waals surface area contributed by atoms with Gasteiger partial charge in [0, 0.05) is 15.6 Å². The summed E-state index contributed by atoms with van der Waals surface area (Å²) in [6.45, 7) is 9.08. The Labute approximate surface area is 148 Å². The molecule has 0 radical (unpaired) electrons. The molecule has 0 saturated heterocycles. The molecule has 1 heterocycles. The molecule has 0 amide bonds. The van der Waals surface area contributed by atoms with Gasteiger partial charge in [-0.05, 0) is 55.4 Å².